The topological polar surface area (TPSA) is 65.2 Å². The fourth-order valence-corrected chi connectivity index (χ4v) is 0.949. The number of amides is 1. The fourth-order valence-electron chi connectivity index (χ4n) is 0.949. The number of rotatable bonds is 3. The zero-order chi connectivity index (χ0) is 10.7. The van der Waals surface area contributed by atoms with Gasteiger partial charge in [0.1, 0.15) is 0 Å². The molecule has 0 aliphatic rings. The first-order chi connectivity index (χ1) is 6.56. The van der Waals surface area contributed by atoms with E-state index in [1.807, 2.05) is 0 Å². The molecule has 1 rings (SSSR count). The van der Waals surface area contributed by atoms with Gasteiger partial charge in [-0.3, -0.25) is 4.79 Å². The Balaban J connectivity index is 3.24. The van der Waals surface area contributed by atoms with Crippen molar-refractivity contribution >= 4 is 5.91 Å². The van der Waals surface area contributed by atoms with E-state index in [-0.39, 0.29) is 11.4 Å². The molecule has 0 aliphatic heterocycles. The van der Waals surface area contributed by atoms with E-state index in [4.69, 9.17) is 5.73 Å². The monoisotopic (exact) mass is 202 g/mol. The molecule has 1 aromatic heterocycles. The van der Waals surface area contributed by atoms with Gasteiger partial charge in [0.2, 0.25) is 5.88 Å². The molecule has 0 atom stereocenters. The summed E-state index contributed by atoms with van der Waals surface area (Å²) in [6, 6.07) is 0.991. The number of ether oxygens (including phenoxy) is 1. The maximum absolute atomic E-state index is 12.4. The fraction of sp³-hybridized carbons (Fsp3) is 0.250. The average molecular weight is 202 g/mol. The van der Waals surface area contributed by atoms with E-state index in [1.54, 1.807) is 0 Å². The van der Waals surface area contributed by atoms with Crippen molar-refractivity contribution in [2.24, 2.45) is 5.73 Å². The summed E-state index contributed by atoms with van der Waals surface area (Å²) in [5, 5.41) is 0. The molecule has 6 heteroatoms. The van der Waals surface area contributed by atoms with E-state index in [1.165, 1.54) is 7.11 Å². The second kappa shape index (κ2) is 3.99. The number of hydrogen-bond donors (Lipinski definition) is 1. The van der Waals surface area contributed by atoms with E-state index in [9.17, 15) is 13.6 Å². The molecule has 0 saturated heterocycles. The van der Waals surface area contributed by atoms with Crippen LogP contribution in [0.4, 0.5) is 8.78 Å². The van der Waals surface area contributed by atoms with Crippen LogP contribution in [0.5, 0.6) is 5.88 Å². The van der Waals surface area contributed by atoms with Gasteiger partial charge in [0.05, 0.1) is 12.7 Å². The lowest BCUT2D eigenvalue weighted by Gasteiger charge is -2.06. The molecule has 76 valence electrons. The predicted octanol–water partition coefficient (Wildman–Crippen LogP) is 1.13. The Morgan fingerprint density at radius 3 is 2.71 bits per heavy atom. The van der Waals surface area contributed by atoms with Crippen LogP contribution in [-0.4, -0.2) is 18.0 Å². The summed E-state index contributed by atoms with van der Waals surface area (Å²) in [5.74, 6) is -0.916. The third-order valence-corrected chi connectivity index (χ3v) is 1.62. The summed E-state index contributed by atoms with van der Waals surface area (Å²) in [6.07, 6.45) is -1.81. The summed E-state index contributed by atoms with van der Waals surface area (Å²) >= 11 is 0. The highest BCUT2D eigenvalue weighted by molar-refractivity contribution is 5.94. The number of nitrogens with two attached hydrogens (primary N) is 1. The van der Waals surface area contributed by atoms with Gasteiger partial charge in [-0.25, -0.2) is 13.8 Å². The van der Waals surface area contributed by atoms with Crippen LogP contribution in [0.15, 0.2) is 12.3 Å². The van der Waals surface area contributed by atoms with Crippen molar-refractivity contribution in [1.29, 1.82) is 0 Å². The van der Waals surface area contributed by atoms with E-state index < -0.39 is 17.9 Å². The molecule has 1 amide bonds. The maximum atomic E-state index is 12.4. The number of alkyl halides is 2. The van der Waals surface area contributed by atoms with Gasteiger partial charge >= 0.3 is 0 Å². The smallest absolute Gasteiger partial charge is 0.264 e. The number of hydrogen-bond acceptors (Lipinski definition) is 3. The molecule has 0 aromatic carbocycles. The highest BCUT2D eigenvalue weighted by atomic mass is 19.3. The Labute approximate surface area is 78.7 Å². The third kappa shape index (κ3) is 1.95. The highest BCUT2D eigenvalue weighted by Gasteiger charge is 2.18. The van der Waals surface area contributed by atoms with Gasteiger partial charge in [-0.15, -0.1) is 0 Å². The molecule has 0 fully saturated rings. The molecule has 0 spiro atoms. The first-order valence-corrected chi connectivity index (χ1v) is 3.68. The number of carbonyl (C=O) groups is 1. The van der Waals surface area contributed by atoms with E-state index in [0.29, 0.717) is 0 Å². The zero-order valence-electron chi connectivity index (χ0n) is 7.33. The lowest BCUT2D eigenvalue weighted by molar-refractivity contribution is 0.0985. The summed E-state index contributed by atoms with van der Waals surface area (Å²) in [7, 11) is 1.29. The third-order valence-electron chi connectivity index (χ3n) is 1.62. The number of halogens is 2. The van der Waals surface area contributed by atoms with Crippen molar-refractivity contribution in [3.63, 3.8) is 0 Å². The minimum atomic E-state index is -2.78. The first-order valence-electron chi connectivity index (χ1n) is 3.68. The summed E-state index contributed by atoms with van der Waals surface area (Å²) < 4.78 is 29.5. The lowest BCUT2D eigenvalue weighted by Crippen LogP contribution is -2.14. The lowest BCUT2D eigenvalue weighted by atomic mass is 10.1. The van der Waals surface area contributed by atoms with Crippen LogP contribution in [0, 0.1) is 0 Å². The molecule has 0 radical (unpaired) electrons. The van der Waals surface area contributed by atoms with Crippen LogP contribution in [0.25, 0.3) is 0 Å². The van der Waals surface area contributed by atoms with Crippen LogP contribution in [0.1, 0.15) is 22.3 Å². The number of primary amides is 1. The van der Waals surface area contributed by atoms with Gasteiger partial charge in [-0.2, -0.15) is 0 Å². The van der Waals surface area contributed by atoms with E-state index in [2.05, 4.69) is 9.72 Å². The molecule has 0 bridgehead atoms. The average Bonchev–Trinajstić information content (AvgIpc) is 2.16. The van der Waals surface area contributed by atoms with Crippen molar-refractivity contribution in [3.05, 3.63) is 23.4 Å². The molecule has 0 saturated carbocycles. The minimum Gasteiger partial charge on any atom is -0.481 e. The van der Waals surface area contributed by atoms with Crippen LogP contribution < -0.4 is 10.5 Å². The zero-order valence-corrected chi connectivity index (χ0v) is 7.33. The largest absolute Gasteiger partial charge is 0.481 e. The van der Waals surface area contributed by atoms with Gasteiger partial charge in [0, 0.05) is 17.8 Å². The Hall–Kier alpha value is -1.72. The van der Waals surface area contributed by atoms with Crippen LogP contribution >= 0.6 is 0 Å². The SMILES string of the molecule is COc1cc(C(F)F)c(C(N)=O)cn1. The van der Waals surface area contributed by atoms with Crippen molar-refractivity contribution in [3.8, 4) is 5.88 Å². The molecule has 2 N–H and O–H groups in total. The number of aromatic nitrogens is 1. The number of nitrogens with zero attached hydrogens (tertiary/aromatic N) is 1. The Morgan fingerprint density at radius 1 is 1.64 bits per heavy atom. The number of carbonyl (C=O) groups excluding carboxylic acids is 1. The van der Waals surface area contributed by atoms with Gasteiger partial charge in [0.15, 0.2) is 0 Å². The molecular weight excluding hydrogens is 194 g/mol. The predicted molar refractivity (Wildman–Crippen MR) is 44.3 cm³/mol. The standard InChI is InChI=1S/C8H8F2N2O2/c1-14-6-2-4(7(9)10)5(3-12-6)8(11)13/h2-3,7H,1H3,(H2,11,13). The molecule has 1 heterocycles. The normalized spacial score (nSPS) is 10.3. The van der Waals surface area contributed by atoms with Gasteiger partial charge in [-0.1, -0.05) is 0 Å². The Kier molecular flexibility index (Phi) is 2.95. The minimum absolute atomic E-state index is 0.0188. The second-order valence-electron chi connectivity index (χ2n) is 2.48. The Bertz CT molecular complexity index is 355. The van der Waals surface area contributed by atoms with E-state index >= 15 is 0 Å². The van der Waals surface area contributed by atoms with Crippen molar-refractivity contribution in [2.45, 2.75) is 6.43 Å². The molecule has 1 aromatic rings. The van der Waals surface area contributed by atoms with Gasteiger partial charge < -0.3 is 10.5 Å². The summed E-state index contributed by atoms with van der Waals surface area (Å²) in [5.41, 5.74) is 4.13. The summed E-state index contributed by atoms with van der Waals surface area (Å²) in [6.45, 7) is 0. The van der Waals surface area contributed by atoms with Crippen molar-refractivity contribution < 1.29 is 18.3 Å². The molecule has 14 heavy (non-hydrogen) atoms. The van der Waals surface area contributed by atoms with Crippen LogP contribution in [0.3, 0.4) is 0 Å². The quantitative estimate of drug-likeness (QED) is 0.798. The van der Waals surface area contributed by atoms with Crippen molar-refractivity contribution in [2.75, 3.05) is 7.11 Å². The van der Waals surface area contributed by atoms with Gasteiger partial charge in [-0.05, 0) is 0 Å². The highest BCUT2D eigenvalue weighted by Crippen LogP contribution is 2.24. The molecule has 0 aliphatic carbocycles. The Morgan fingerprint density at radius 2 is 2.29 bits per heavy atom. The maximum Gasteiger partial charge on any atom is 0.264 e. The first kappa shape index (κ1) is 10.4. The van der Waals surface area contributed by atoms with Crippen LogP contribution in [0.2, 0.25) is 0 Å². The number of pyridine rings is 1. The van der Waals surface area contributed by atoms with Crippen molar-refractivity contribution in [1.82, 2.24) is 4.98 Å². The molecule has 0 unspecified atom stereocenters. The van der Waals surface area contributed by atoms with E-state index in [0.717, 1.165) is 12.3 Å². The van der Waals surface area contributed by atoms with Gasteiger partial charge in [0.25, 0.3) is 12.3 Å². The summed E-state index contributed by atoms with van der Waals surface area (Å²) in [4.78, 5) is 14.3. The second-order valence-corrected chi connectivity index (χ2v) is 2.48. The molecular formula is C8H8F2N2O2. The number of methoxy groups -OCH3 is 1. The van der Waals surface area contributed by atoms with Crippen LogP contribution in [-0.2, 0) is 0 Å². The molecule has 4 nitrogen and oxygen atoms in total.